The molecule has 1 aromatic heterocycles. The maximum absolute atomic E-state index is 13.2. The number of benzene rings is 2. The van der Waals surface area contributed by atoms with Crippen LogP contribution in [0.4, 0.5) is 19.1 Å². The van der Waals surface area contributed by atoms with Gasteiger partial charge in [-0.3, -0.25) is 9.59 Å². The number of rotatable bonds is 5. The third-order valence-electron chi connectivity index (χ3n) is 5.84. The summed E-state index contributed by atoms with van der Waals surface area (Å²) in [7, 11) is 1.31. The summed E-state index contributed by atoms with van der Waals surface area (Å²) >= 11 is 5.90. The summed E-state index contributed by atoms with van der Waals surface area (Å²) in [6, 6.07) is 10.8. The van der Waals surface area contributed by atoms with E-state index in [1.165, 1.54) is 19.2 Å². The Morgan fingerprint density at radius 3 is 2.36 bits per heavy atom. The van der Waals surface area contributed by atoms with Gasteiger partial charge in [-0.15, -0.1) is 17.1 Å². The van der Waals surface area contributed by atoms with Crippen LogP contribution in [0.1, 0.15) is 45.7 Å². The summed E-state index contributed by atoms with van der Waals surface area (Å²) in [6.07, 6.45) is -4.06. The fourth-order valence-electron chi connectivity index (χ4n) is 3.91. The number of carbonyl (C=O) groups excluding carboxylic acids is 1. The molecule has 1 aliphatic rings. The van der Waals surface area contributed by atoms with Crippen molar-refractivity contribution in [2.75, 3.05) is 19.0 Å². The zero-order valence-corrected chi connectivity index (χ0v) is 20.9. The number of hydrogen-bond acceptors (Lipinski definition) is 5. The van der Waals surface area contributed by atoms with E-state index in [1.807, 2.05) is 0 Å². The molecule has 2 aromatic carbocycles. The number of nitrogens with one attached hydrogen (secondary N) is 1. The molecule has 1 N–H and O–H groups in total. The quantitative estimate of drug-likeness (QED) is 0.502. The summed E-state index contributed by atoms with van der Waals surface area (Å²) in [5.74, 6) is -0.102. The van der Waals surface area contributed by atoms with E-state index in [1.54, 1.807) is 36.1 Å². The Hall–Kier alpha value is -3.24. The molecule has 1 amide bonds. The van der Waals surface area contributed by atoms with E-state index in [2.05, 4.69) is 10.3 Å². The van der Waals surface area contributed by atoms with Crippen molar-refractivity contribution >= 4 is 35.9 Å². The lowest BCUT2D eigenvalue weighted by Gasteiger charge is -2.29. The highest BCUT2D eigenvalue weighted by atomic mass is 35.5. The predicted molar refractivity (Wildman–Crippen MR) is 132 cm³/mol. The molecule has 0 saturated carbocycles. The fourth-order valence-corrected chi connectivity index (χ4v) is 4.03. The molecule has 4 rings (SSSR count). The van der Waals surface area contributed by atoms with Crippen molar-refractivity contribution in [3.05, 3.63) is 91.9 Å². The second-order valence-corrected chi connectivity index (χ2v) is 8.55. The topological polar surface area (TPSA) is 76.5 Å². The van der Waals surface area contributed by atoms with Gasteiger partial charge in [0, 0.05) is 23.6 Å². The Balaban J connectivity index is 0.00000361. The van der Waals surface area contributed by atoms with Crippen molar-refractivity contribution in [1.29, 1.82) is 0 Å². The average Bonchev–Trinajstić information content (AvgIpc) is 2.83. The Morgan fingerprint density at radius 2 is 1.78 bits per heavy atom. The second kappa shape index (κ2) is 10.8. The van der Waals surface area contributed by atoms with E-state index in [0.717, 1.165) is 16.9 Å². The molecule has 2 heterocycles. The minimum Gasteiger partial charge on any atom is -0.411 e. The van der Waals surface area contributed by atoms with Gasteiger partial charge in [-0.1, -0.05) is 23.7 Å². The number of alkyl halides is 3. The first-order chi connectivity index (χ1) is 16.6. The van der Waals surface area contributed by atoms with Gasteiger partial charge < -0.3 is 15.1 Å². The minimum atomic E-state index is -4.42. The van der Waals surface area contributed by atoms with Crippen LogP contribution in [0, 0.1) is 0 Å². The summed E-state index contributed by atoms with van der Waals surface area (Å²) in [6.45, 7) is 2.17. The number of hydrogen-bond donors (Lipinski definition) is 1. The van der Waals surface area contributed by atoms with E-state index in [4.69, 9.17) is 16.4 Å². The number of amides is 1. The van der Waals surface area contributed by atoms with Crippen molar-refractivity contribution in [2.24, 2.45) is 0 Å². The zero-order chi connectivity index (χ0) is 25.3. The summed E-state index contributed by atoms with van der Waals surface area (Å²) in [4.78, 5) is 37.4. The standard InChI is InChI=1S/C24H22ClF3N4O3.ClH/c1-14(15-3-7-17(8-4-15)24(26,27)28)29-23-30-20-11-12-31(13-19(20)22(34)32(23)35-2)21(33)16-5-9-18(25)10-6-16;/h3-10,14H,11-13H2,1-2H3,(H,29,30);1H. The van der Waals surface area contributed by atoms with Crippen molar-refractivity contribution < 1.29 is 22.8 Å². The van der Waals surface area contributed by atoms with Gasteiger partial charge in [0.25, 0.3) is 11.5 Å². The van der Waals surface area contributed by atoms with Crippen molar-refractivity contribution in [3.63, 3.8) is 0 Å². The summed E-state index contributed by atoms with van der Waals surface area (Å²) in [5, 5.41) is 3.56. The van der Waals surface area contributed by atoms with Gasteiger partial charge in [0.05, 0.1) is 29.4 Å². The number of anilines is 1. The molecular weight excluding hydrogens is 520 g/mol. The summed E-state index contributed by atoms with van der Waals surface area (Å²) in [5.41, 5.74) is 0.702. The maximum atomic E-state index is 13.2. The highest BCUT2D eigenvalue weighted by Crippen LogP contribution is 2.30. The molecule has 7 nitrogen and oxygen atoms in total. The largest absolute Gasteiger partial charge is 0.416 e. The van der Waals surface area contributed by atoms with Crippen molar-refractivity contribution in [3.8, 4) is 0 Å². The van der Waals surface area contributed by atoms with E-state index < -0.39 is 23.3 Å². The predicted octanol–water partition coefficient (Wildman–Crippen LogP) is 4.77. The highest BCUT2D eigenvalue weighted by Gasteiger charge is 2.30. The van der Waals surface area contributed by atoms with Gasteiger partial charge in [-0.2, -0.15) is 13.2 Å². The van der Waals surface area contributed by atoms with E-state index in [9.17, 15) is 22.8 Å². The maximum Gasteiger partial charge on any atom is 0.416 e. The van der Waals surface area contributed by atoms with E-state index >= 15 is 0 Å². The summed E-state index contributed by atoms with van der Waals surface area (Å²) < 4.78 is 39.5. The molecule has 0 fully saturated rings. The number of fused-ring (bicyclic) bond motifs is 1. The molecule has 36 heavy (non-hydrogen) atoms. The average molecular weight is 543 g/mol. The zero-order valence-electron chi connectivity index (χ0n) is 19.3. The van der Waals surface area contributed by atoms with Gasteiger partial charge in [0.2, 0.25) is 5.95 Å². The molecule has 0 radical (unpaired) electrons. The molecule has 0 bridgehead atoms. The number of halogens is 5. The van der Waals surface area contributed by atoms with Crippen LogP contribution in [0.5, 0.6) is 0 Å². The molecule has 12 heteroatoms. The van der Waals surface area contributed by atoms with Gasteiger partial charge in [0.15, 0.2) is 0 Å². The van der Waals surface area contributed by atoms with Gasteiger partial charge in [-0.25, -0.2) is 4.98 Å². The normalized spacial score (nSPS) is 13.9. The molecule has 0 saturated heterocycles. The third-order valence-corrected chi connectivity index (χ3v) is 6.09. The van der Waals surface area contributed by atoms with Crippen molar-refractivity contribution in [1.82, 2.24) is 14.6 Å². The highest BCUT2D eigenvalue weighted by molar-refractivity contribution is 6.30. The molecule has 1 aliphatic heterocycles. The molecule has 3 aromatic rings. The number of nitrogens with zero attached hydrogens (tertiary/aromatic N) is 3. The van der Waals surface area contributed by atoms with E-state index in [0.29, 0.717) is 40.4 Å². The van der Waals surface area contributed by atoms with Crippen LogP contribution in [0.3, 0.4) is 0 Å². The van der Waals surface area contributed by atoms with Crippen LogP contribution >= 0.6 is 24.0 Å². The van der Waals surface area contributed by atoms with Crippen molar-refractivity contribution in [2.45, 2.75) is 32.1 Å². The molecule has 0 spiro atoms. The molecular formula is C24H23Cl2F3N4O3. The molecule has 192 valence electrons. The van der Waals surface area contributed by atoms with Gasteiger partial charge >= 0.3 is 6.18 Å². The Bertz CT molecular complexity index is 1300. The molecule has 1 atom stereocenters. The number of carbonyl (C=O) groups is 1. The van der Waals surface area contributed by atoms with Gasteiger partial charge in [-0.05, 0) is 48.9 Å². The number of aromatic nitrogens is 2. The van der Waals surface area contributed by atoms with Crippen LogP contribution in [0.15, 0.2) is 53.3 Å². The lowest BCUT2D eigenvalue weighted by molar-refractivity contribution is -0.137. The Morgan fingerprint density at radius 1 is 1.14 bits per heavy atom. The molecule has 1 unspecified atom stereocenters. The fraction of sp³-hybridized carbons (Fsp3) is 0.292. The SMILES string of the molecule is COn1c(NC(C)c2ccc(C(F)(F)F)cc2)nc2c(c1=O)CN(C(=O)c1ccc(Cl)cc1)CC2.Cl. The first-order valence-corrected chi connectivity index (χ1v) is 11.1. The van der Waals surface area contributed by atoms with Crippen LogP contribution in [0.2, 0.25) is 5.02 Å². The van der Waals surface area contributed by atoms with Crippen LogP contribution in [-0.2, 0) is 19.1 Å². The Kier molecular flexibility index (Phi) is 8.20. The first kappa shape index (κ1) is 27.3. The van der Waals surface area contributed by atoms with Crippen LogP contribution in [0.25, 0.3) is 0 Å². The van der Waals surface area contributed by atoms with Gasteiger partial charge in [0.1, 0.15) is 7.11 Å². The van der Waals surface area contributed by atoms with Crippen LogP contribution in [-0.4, -0.2) is 34.2 Å². The lowest BCUT2D eigenvalue weighted by atomic mass is 10.1. The molecule has 0 aliphatic carbocycles. The lowest BCUT2D eigenvalue weighted by Crippen LogP contribution is -2.42. The third kappa shape index (κ3) is 5.60. The monoisotopic (exact) mass is 542 g/mol. The first-order valence-electron chi connectivity index (χ1n) is 10.8. The second-order valence-electron chi connectivity index (χ2n) is 8.11. The van der Waals surface area contributed by atoms with Crippen LogP contribution < -0.4 is 15.7 Å². The Labute approximate surface area is 216 Å². The van der Waals surface area contributed by atoms with E-state index in [-0.39, 0.29) is 30.8 Å². The minimum absolute atomic E-state index is 0. The smallest absolute Gasteiger partial charge is 0.411 e.